The Labute approximate surface area is 366 Å². The number of nitrogens with zero attached hydrogens (tertiary/aromatic N) is 3. The summed E-state index contributed by atoms with van der Waals surface area (Å²) in [6.07, 6.45) is -5.99. The Morgan fingerprint density at radius 2 is 1.46 bits per heavy atom. The van der Waals surface area contributed by atoms with Crippen molar-refractivity contribution < 1.29 is 46.6 Å². The summed E-state index contributed by atoms with van der Waals surface area (Å²) in [5.74, 6) is -4.51. The van der Waals surface area contributed by atoms with Gasteiger partial charge in [-0.25, -0.2) is 0 Å². The molecule has 63 heavy (non-hydrogen) atoms. The average Bonchev–Trinajstić information content (AvgIpc) is 3.89. The van der Waals surface area contributed by atoms with Crippen LogP contribution in [0.1, 0.15) is 55.5 Å². The predicted octanol–water partition coefficient (Wildman–Crippen LogP) is 6.35. The molecule has 0 aliphatic carbocycles. The van der Waals surface area contributed by atoms with Crippen LogP contribution in [0.25, 0.3) is 21.7 Å². The van der Waals surface area contributed by atoms with Crippen molar-refractivity contribution in [1.82, 2.24) is 41.6 Å². The Morgan fingerprint density at radius 3 is 2.13 bits per heavy atom. The van der Waals surface area contributed by atoms with Crippen molar-refractivity contribution in [2.75, 3.05) is 5.32 Å². The fourth-order valence-electron chi connectivity index (χ4n) is 6.43. The summed E-state index contributed by atoms with van der Waals surface area (Å²) in [4.78, 5) is 71.8. The lowest BCUT2D eigenvalue weighted by Crippen LogP contribution is -2.57. The zero-order chi connectivity index (χ0) is 45.5. The second-order valence-corrected chi connectivity index (χ2v) is 16.1. The van der Waals surface area contributed by atoms with Gasteiger partial charge in [0.2, 0.25) is 17.7 Å². The fraction of sp³-hybridized carbons (Fsp3) is 0.286. The summed E-state index contributed by atoms with van der Waals surface area (Å²) in [5.41, 5.74) is 0.370. The first-order valence-corrected chi connectivity index (χ1v) is 20.0. The molecule has 0 fully saturated rings. The Balaban J connectivity index is 1.26. The van der Waals surface area contributed by atoms with Crippen LogP contribution in [0.4, 0.5) is 18.9 Å². The van der Waals surface area contributed by atoms with E-state index in [1.165, 1.54) is 12.1 Å². The van der Waals surface area contributed by atoms with E-state index in [9.17, 15) is 37.1 Å². The molecule has 2 aromatic heterocycles. The van der Waals surface area contributed by atoms with Gasteiger partial charge in [-0.15, -0.1) is 23.4 Å². The van der Waals surface area contributed by atoms with E-state index in [1.807, 2.05) is 36.4 Å². The maximum absolute atomic E-state index is 14.4. The summed E-state index contributed by atoms with van der Waals surface area (Å²) in [6, 6.07) is 17.7. The number of hydrogen-bond acceptors (Lipinski definition) is 10. The number of halogens is 5. The molecule has 0 radical (unpaired) electrons. The molecule has 0 saturated heterocycles. The molecule has 0 aliphatic heterocycles. The van der Waals surface area contributed by atoms with Crippen LogP contribution < -0.4 is 26.0 Å². The van der Waals surface area contributed by atoms with Crippen molar-refractivity contribution in [3.63, 3.8) is 0 Å². The minimum atomic E-state index is -4.95. The third-order valence-corrected chi connectivity index (χ3v) is 9.76. The SMILES string of the molecule is CC(C)(C)OC(=O)CC[C@H](NC(=O)[C@H](Cc1nn[nH]n1)NC(=O)[C@H](Cc1ccc2ccccc2c1)NC(=O)c1cc2c(Cl)cc(Cl)cc2[nH]1)C(=O)Nc1ccc(OC(F)(F)F)cc1. The molecule has 3 atom stereocenters. The molecule has 6 rings (SSSR count). The van der Waals surface area contributed by atoms with Crippen molar-refractivity contribution in [1.29, 1.82) is 0 Å². The quantitative estimate of drug-likeness (QED) is 0.0591. The fourth-order valence-corrected chi connectivity index (χ4v) is 6.98. The number of H-pyrrole nitrogens is 2. The average molecular weight is 911 g/mol. The van der Waals surface area contributed by atoms with Gasteiger partial charge in [-0.2, -0.15) is 5.21 Å². The molecule has 0 aliphatic rings. The van der Waals surface area contributed by atoms with Gasteiger partial charge < -0.3 is 35.7 Å². The number of carbonyl (C=O) groups excluding carboxylic acids is 5. The molecule has 6 N–H and O–H groups in total. The monoisotopic (exact) mass is 909 g/mol. The lowest BCUT2D eigenvalue weighted by molar-refractivity contribution is -0.274. The van der Waals surface area contributed by atoms with E-state index in [-0.39, 0.29) is 42.9 Å². The second kappa shape index (κ2) is 19.5. The molecule has 2 heterocycles. The van der Waals surface area contributed by atoms with Gasteiger partial charge in [0.15, 0.2) is 5.82 Å². The minimum absolute atomic E-state index is 0.00454. The summed E-state index contributed by atoms with van der Waals surface area (Å²) in [7, 11) is 0. The Hall–Kier alpha value is -6.73. The summed E-state index contributed by atoms with van der Waals surface area (Å²) in [5, 5.41) is 27.1. The van der Waals surface area contributed by atoms with Gasteiger partial charge in [-0.1, -0.05) is 70.9 Å². The highest BCUT2D eigenvalue weighted by Gasteiger charge is 2.33. The first-order valence-electron chi connectivity index (χ1n) is 19.3. The maximum Gasteiger partial charge on any atom is 0.573 e. The van der Waals surface area contributed by atoms with Gasteiger partial charge in [0, 0.05) is 40.9 Å². The van der Waals surface area contributed by atoms with E-state index < -0.39 is 65.4 Å². The molecule has 16 nitrogen and oxygen atoms in total. The predicted molar refractivity (Wildman–Crippen MR) is 226 cm³/mol. The summed E-state index contributed by atoms with van der Waals surface area (Å²) < 4.78 is 47.5. The summed E-state index contributed by atoms with van der Waals surface area (Å²) >= 11 is 12.5. The molecule has 0 unspecified atom stereocenters. The highest BCUT2D eigenvalue weighted by Crippen LogP contribution is 2.29. The molecule has 4 aromatic carbocycles. The molecular weight excluding hydrogens is 870 g/mol. The summed E-state index contributed by atoms with van der Waals surface area (Å²) in [6.45, 7) is 4.95. The van der Waals surface area contributed by atoms with Gasteiger partial charge in [0.05, 0.1) is 5.02 Å². The highest BCUT2D eigenvalue weighted by molar-refractivity contribution is 6.38. The van der Waals surface area contributed by atoms with Gasteiger partial charge in [0.25, 0.3) is 5.91 Å². The Bertz CT molecular complexity index is 2620. The van der Waals surface area contributed by atoms with E-state index in [0.717, 1.165) is 35.0 Å². The smallest absolute Gasteiger partial charge is 0.460 e. The number of benzene rings is 4. The molecule has 0 saturated carbocycles. The lowest BCUT2D eigenvalue weighted by atomic mass is 10.0. The minimum Gasteiger partial charge on any atom is -0.460 e. The van der Waals surface area contributed by atoms with Crippen LogP contribution in [0.5, 0.6) is 5.75 Å². The second-order valence-electron chi connectivity index (χ2n) is 15.3. The third kappa shape index (κ3) is 13.1. The third-order valence-electron chi connectivity index (χ3n) is 9.23. The lowest BCUT2D eigenvalue weighted by Gasteiger charge is -2.25. The van der Waals surface area contributed by atoms with Crippen molar-refractivity contribution in [3.8, 4) is 5.75 Å². The van der Waals surface area contributed by atoms with Crippen LogP contribution >= 0.6 is 23.2 Å². The molecule has 330 valence electrons. The van der Waals surface area contributed by atoms with Crippen LogP contribution in [0.2, 0.25) is 10.0 Å². The molecule has 21 heteroatoms. The normalized spacial score (nSPS) is 13.1. The number of alkyl halides is 3. The van der Waals surface area contributed by atoms with E-state index in [4.69, 9.17) is 27.9 Å². The molecule has 6 aromatic rings. The van der Waals surface area contributed by atoms with Crippen LogP contribution in [-0.2, 0) is 36.8 Å². The number of aromatic amines is 2. The van der Waals surface area contributed by atoms with E-state index >= 15 is 0 Å². The number of amides is 4. The number of rotatable bonds is 16. The first-order chi connectivity index (χ1) is 29.8. The number of nitrogens with one attached hydrogen (secondary N) is 6. The molecule has 0 bridgehead atoms. The van der Waals surface area contributed by atoms with Crippen molar-refractivity contribution in [2.45, 2.75) is 76.5 Å². The standard InChI is InChI=1S/C42H40Cl2F3N9O7/c1-41(2,3)63-36(57)15-14-30(37(58)48-26-10-12-27(13-11-26)62-42(45,46)47)50-40(61)34(21-35-53-55-56-54-35)52-38(59)32(17-22-8-9-23-6-4-5-7-24(23)16-22)51-39(60)33-20-28-29(44)18-25(43)19-31(28)49-33/h4-13,16,18-20,30,32,34,49H,14-15,17,21H2,1-3H3,(H,48,58)(H,50,61)(H,51,60)(H,52,59)(H,53,54,55,56)/t30-,32-,34-/m0/s1. The van der Waals surface area contributed by atoms with Gasteiger partial charge in [-0.3, -0.25) is 24.0 Å². The Kier molecular flexibility index (Phi) is 14.2. The van der Waals surface area contributed by atoms with E-state index in [2.05, 4.69) is 51.6 Å². The van der Waals surface area contributed by atoms with Crippen LogP contribution in [-0.4, -0.2) is 85.3 Å². The molecular formula is C42H40Cl2F3N9O7. The number of aromatic nitrogens is 5. The first kappa shape index (κ1) is 45.8. The van der Waals surface area contributed by atoms with Gasteiger partial charge >= 0.3 is 12.3 Å². The number of fused-ring (bicyclic) bond motifs is 2. The van der Waals surface area contributed by atoms with Crippen molar-refractivity contribution in [3.05, 3.63) is 112 Å². The van der Waals surface area contributed by atoms with Crippen molar-refractivity contribution >= 4 is 80.2 Å². The number of tetrazole rings is 1. The maximum atomic E-state index is 14.4. The van der Waals surface area contributed by atoms with Gasteiger partial charge in [-0.05, 0) is 86.0 Å². The topological polar surface area (TPSA) is 222 Å². The molecule has 0 spiro atoms. The number of esters is 1. The number of hydrogen-bond donors (Lipinski definition) is 6. The van der Waals surface area contributed by atoms with E-state index in [1.54, 1.807) is 32.9 Å². The number of anilines is 1. The van der Waals surface area contributed by atoms with Crippen molar-refractivity contribution in [2.24, 2.45) is 0 Å². The number of ether oxygens (including phenoxy) is 2. The zero-order valence-corrected chi connectivity index (χ0v) is 35.2. The van der Waals surface area contributed by atoms with Crippen LogP contribution in [0.15, 0.2) is 84.9 Å². The molecule has 4 amide bonds. The Morgan fingerprint density at radius 1 is 0.778 bits per heavy atom. The zero-order valence-electron chi connectivity index (χ0n) is 33.7. The van der Waals surface area contributed by atoms with Crippen LogP contribution in [0, 0.1) is 0 Å². The number of carbonyl (C=O) groups is 5. The van der Waals surface area contributed by atoms with E-state index in [0.29, 0.717) is 26.5 Å². The van der Waals surface area contributed by atoms with Gasteiger partial charge in [0.1, 0.15) is 35.2 Å². The highest BCUT2D eigenvalue weighted by atomic mass is 35.5. The largest absolute Gasteiger partial charge is 0.573 e. The van der Waals surface area contributed by atoms with Crippen LogP contribution in [0.3, 0.4) is 0 Å².